The molecule has 0 aromatic carbocycles. The van der Waals surface area contributed by atoms with Crippen molar-refractivity contribution < 1.29 is 4.48 Å². The molecule has 0 N–H and O–H groups in total. The Bertz CT molecular complexity index is 185. The zero-order valence-corrected chi connectivity index (χ0v) is 5.53. The highest BCUT2D eigenvalue weighted by atomic mass is 19.2. The second kappa shape index (κ2) is 2.52. The second-order valence-electron chi connectivity index (χ2n) is 1.83. The van der Waals surface area contributed by atoms with E-state index in [0.717, 1.165) is 6.34 Å². The van der Waals surface area contributed by atoms with E-state index >= 15 is 0 Å². The van der Waals surface area contributed by atoms with Crippen LogP contribution in [0, 0.1) is 11.3 Å². The van der Waals surface area contributed by atoms with Crippen molar-refractivity contribution in [3.05, 3.63) is 0 Å². The third kappa shape index (κ3) is 0.880. The molecule has 0 bridgehead atoms. The number of halogens is 1. The lowest BCUT2D eigenvalue weighted by atomic mass is 10.5. The van der Waals surface area contributed by atoms with Gasteiger partial charge in [0.15, 0.2) is 0 Å². The van der Waals surface area contributed by atoms with E-state index in [1.165, 1.54) is 5.01 Å². The number of hydrazone groups is 1. The molecule has 1 aliphatic heterocycles. The minimum absolute atomic E-state index is 0.281. The molecule has 0 saturated carbocycles. The molecule has 1 rings (SSSR count). The van der Waals surface area contributed by atoms with Crippen LogP contribution < -0.4 is 0 Å². The molecular formula is C5H7FN4. The highest BCUT2D eigenvalue weighted by Crippen LogP contribution is 2.10. The van der Waals surface area contributed by atoms with Crippen molar-refractivity contribution in [3.8, 4) is 6.07 Å². The van der Waals surface area contributed by atoms with Crippen molar-refractivity contribution in [1.29, 1.82) is 5.26 Å². The lowest BCUT2D eigenvalue weighted by Crippen LogP contribution is -2.33. The van der Waals surface area contributed by atoms with Gasteiger partial charge in [-0.2, -0.15) is 15.5 Å². The smallest absolute Gasteiger partial charge is 0.235 e. The SMILES string of the molecule is CCN1N=CN(F)C1C#N. The fraction of sp³-hybridized carbons (Fsp3) is 0.600. The molecule has 10 heavy (non-hydrogen) atoms. The number of rotatable bonds is 1. The minimum Gasteiger partial charge on any atom is -0.258 e. The van der Waals surface area contributed by atoms with Gasteiger partial charge >= 0.3 is 0 Å². The number of nitriles is 1. The monoisotopic (exact) mass is 142 g/mol. The van der Waals surface area contributed by atoms with E-state index in [4.69, 9.17) is 5.26 Å². The number of hydrogen-bond donors (Lipinski definition) is 0. The molecule has 0 aromatic heterocycles. The average Bonchev–Trinajstić information content (AvgIpc) is 2.30. The van der Waals surface area contributed by atoms with Gasteiger partial charge in [-0.1, -0.05) is 4.48 Å². The molecule has 4 nitrogen and oxygen atoms in total. The summed E-state index contributed by atoms with van der Waals surface area (Å²) in [6.45, 7) is 2.34. The molecule has 0 radical (unpaired) electrons. The van der Waals surface area contributed by atoms with Crippen LogP contribution in [0.2, 0.25) is 0 Å². The number of nitrogens with zero attached hydrogens (tertiary/aromatic N) is 4. The first kappa shape index (κ1) is 6.81. The fourth-order valence-electron chi connectivity index (χ4n) is 0.746. The van der Waals surface area contributed by atoms with E-state index < -0.39 is 6.17 Å². The Morgan fingerprint density at radius 1 is 1.90 bits per heavy atom. The molecule has 0 amide bonds. The third-order valence-electron chi connectivity index (χ3n) is 1.27. The summed E-state index contributed by atoms with van der Waals surface area (Å²) in [4.78, 5) is 0. The molecule has 1 unspecified atom stereocenters. The van der Waals surface area contributed by atoms with Crippen molar-refractivity contribution in [2.45, 2.75) is 13.1 Å². The first-order valence-electron chi connectivity index (χ1n) is 2.94. The van der Waals surface area contributed by atoms with E-state index in [9.17, 15) is 4.48 Å². The van der Waals surface area contributed by atoms with Crippen molar-refractivity contribution in [1.82, 2.24) is 10.1 Å². The Balaban J connectivity index is 2.64. The zero-order chi connectivity index (χ0) is 7.56. The van der Waals surface area contributed by atoms with Gasteiger partial charge in [-0.15, -0.1) is 0 Å². The molecule has 0 saturated heterocycles. The molecule has 0 aliphatic carbocycles. The Labute approximate surface area is 58.1 Å². The Morgan fingerprint density at radius 3 is 3.00 bits per heavy atom. The summed E-state index contributed by atoms with van der Waals surface area (Å²) in [6, 6.07) is 1.77. The zero-order valence-electron chi connectivity index (χ0n) is 5.53. The molecule has 1 aliphatic rings. The Morgan fingerprint density at radius 2 is 2.60 bits per heavy atom. The summed E-state index contributed by atoms with van der Waals surface area (Å²) >= 11 is 0. The van der Waals surface area contributed by atoms with Gasteiger partial charge in [0.05, 0.1) is 0 Å². The lowest BCUT2D eigenvalue weighted by Gasteiger charge is -2.16. The topological polar surface area (TPSA) is 42.6 Å². The normalized spacial score (nSPS) is 23.5. The predicted octanol–water partition coefficient (Wildman–Crippen LogP) is 0.301. The van der Waals surface area contributed by atoms with Crippen LogP contribution in [-0.2, 0) is 0 Å². The van der Waals surface area contributed by atoms with Gasteiger partial charge in [0.2, 0.25) is 6.17 Å². The maximum atomic E-state index is 12.4. The Hall–Kier alpha value is -1.31. The second-order valence-corrected chi connectivity index (χ2v) is 1.83. The van der Waals surface area contributed by atoms with Gasteiger partial charge in [-0.25, -0.2) is 0 Å². The van der Waals surface area contributed by atoms with E-state index in [-0.39, 0.29) is 5.12 Å². The maximum Gasteiger partial charge on any atom is 0.235 e. The van der Waals surface area contributed by atoms with Crippen molar-refractivity contribution in [2.24, 2.45) is 5.10 Å². The van der Waals surface area contributed by atoms with E-state index in [1.54, 1.807) is 13.0 Å². The Kier molecular flexibility index (Phi) is 1.71. The van der Waals surface area contributed by atoms with Gasteiger partial charge in [0, 0.05) is 6.54 Å². The van der Waals surface area contributed by atoms with Crippen LogP contribution in [0.5, 0.6) is 0 Å². The van der Waals surface area contributed by atoms with Crippen molar-refractivity contribution in [2.75, 3.05) is 6.54 Å². The lowest BCUT2D eigenvalue weighted by molar-refractivity contribution is 0.0404. The van der Waals surface area contributed by atoms with Gasteiger partial charge in [0.25, 0.3) is 0 Å². The van der Waals surface area contributed by atoms with Crippen LogP contribution in [0.3, 0.4) is 0 Å². The van der Waals surface area contributed by atoms with Crippen LogP contribution >= 0.6 is 0 Å². The molecule has 1 atom stereocenters. The summed E-state index contributed by atoms with van der Waals surface area (Å²) in [5.41, 5.74) is 0. The number of hydrogen-bond acceptors (Lipinski definition) is 4. The van der Waals surface area contributed by atoms with Crippen molar-refractivity contribution in [3.63, 3.8) is 0 Å². The van der Waals surface area contributed by atoms with Gasteiger partial charge in [-0.05, 0) is 6.92 Å². The van der Waals surface area contributed by atoms with E-state index in [2.05, 4.69) is 5.10 Å². The molecular weight excluding hydrogens is 135 g/mol. The quantitative estimate of drug-likeness (QED) is 0.494. The van der Waals surface area contributed by atoms with Crippen LogP contribution in [0.25, 0.3) is 0 Å². The molecule has 0 fully saturated rings. The summed E-state index contributed by atoms with van der Waals surface area (Å²) in [6.07, 6.45) is 0.127. The van der Waals surface area contributed by atoms with Crippen LogP contribution in [-0.4, -0.2) is 29.2 Å². The van der Waals surface area contributed by atoms with Gasteiger partial charge in [0.1, 0.15) is 12.4 Å². The minimum atomic E-state index is -0.870. The van der Waals surface area contributed by atoms with Gasteiger partial charge in [-0.3, -0.25) is 5.01 Å². The van der Waals surface area contributed by atoms with Crippen LogP contribution in [0.1, 0.15) is 6.92 Å². The maximum absolute atomic E-state index is 12.4. The highest BCUT2D eigenvalue weighted by molar-refractivity contribution is 5.56. The first-order valence-corrected chi connectivity index (χ1v) is 2.94. The molecule has 0 spiro atoms. The average molecular weight is 142 g/mol. The highest BCUT2D eigenvalue weighted by Gasteiger charge is 2.26. The molecule has 5 heteroatoms. The first-order chi connectivity index (χ1) is 4.79. The van der Waals surface area contributed by atoms with Gasteiger partial charge < -0.3 is 0 Å². The predicted molar refractivity (Wildman–Crippen MR) is 33.2 cm³/mol. The van der Waals surface area contributed by atoms with Crippen LogP contribution in [0.15, 0.2) is 5.10 Å². The fourth-order valence-corrected chi connectivity index (χ4v) is 0.746. The molecule has 0 aromatic rings. The summed E-state index contributed by atoms with van der Waals surface area (Å²) in [5.74, 6) is 0. The summed E-state index contributed by atoms with van der Waals surface area (Å²) in [7, 11) is 0. The summed E-state index contributed by atoms with van der Waals surface area (Å²) < 4.78 is 12.4. The standard InChI is InChI=1S/C5H7FN4/c1-2-10-5(3-7)9(6)4-8-10/h4-5H,2H2,1H3. The van der Waals surface area contributed by atoms with E-state index in [1.807, 2.05) is 0 Å². The summed E-state index contributed by atoms with van der Waals surface area (Å²) in [5, 5.41) is 13.7. The molecule has 1 heterocycles. The van der Waals surface area contributed by atoms with Crippen molar-refractivity contribution >= 4 is 6.34 Å². The molecule has 54 valence electrons. The van der Waals surface area contributed by atoms with Crippen LogP contribution in [0.4, 0.5) is 4.48 Å². The largest absolute Gasteiger partial charge is 0.258 e. The third-order valence-corrected chi connectivity index (χ3v) is 1.27. The van der Waals surface area contributed by atoms with E-state index in [0.29, 0.717) is 6.54 Å².